The van der Waals surface area contributed by atoms with Gasteiger partial charge in [-0.1, -0.05) is 32.1 Å². The molecular weight excluding hydrogens is 433 g/mol. The van der Waals surface area contributed by atoms with Crippen LogP contribution in [-0.4, -0.2) is 35.4 Å². The van der Waals surface area contributed by atoms with Gasteiger partial charge in [0.25, 0.3) is 0 Å². The second kappa shape index (κ2) is 10.2. The molecule has 1 aliphatic rings. The summed E-state index contributed by atoms with van der Waals surface area (Å²) in [6, 6.07) is 16.0. The molecule has 34 heavy (non-hydrogen) atoms. The lowest BCUT2D eigenvalue weighted by Crippen LogP contribution is -2.31. The summed E-state index contributed by atoms with van der Waals surface area (Å²) in [5, 5.41) is 9.97. The topological polar surface area (TPSA) is 68.7 Å². The molecule has 1 N–H and O–H groups in total. The average molecular weight is 462 g/mol. The monoisotopic (exact) mass is 461 g/mol. The molecule has 0 amide bonds. The number of aliphatic hydroxyl groups excluding tert-OH is 1. The number of aliphatic hydroxyl groups is 1. The number of nitrogens with zero attached hydrogens (tertiary/aromatic N) is 1. The summed E-state index contributed by atoms with van der Waals surface area (Å²) in [6.45, 7) is 4.13. The summed E-state index contributed by atoms with van der Waals surface area (Å²) < 4.78 is 24.2. The van der Waals surface area contributed by atoms with Gasteiger partial charge in [0.15, 0.2) is 0 Å². The van der Waals surface area contributed by atoms with Crippen LogP contribution in [0.25, 0.3) is 28.5 Å². The van der Waals surface area contributed by atoms with Crippen LogP contribution in [0.15, 0.2) is 60.7 Å². The molecule has 2 atom stereocenters. The minimum absolute atomic E-state index is 0.0204. The van der Waals surface area contributed by atoms with Crippen molar-refractivity contribution in [3.63, 3.8) is 0 Å². The van der Waals surface area contributed by atoms with E-state index in [9.17, 15) is 14.3 Å². The van der Waals surface area contributed by atoms with E-state index in [4.69, 9.17) is 14.5 Å². The van der Waals surface area contributed by atoms with Crippen molar-refractivity contribution in [1.82, 2.24) is 4.98 Å². The summed E-state index contributed by atoms with van der Waals surface area (Å²) in [6.07, 6.45) is 2.91. The lowest BCUT2D eigenvalue weighted by atomic mass is 9.91. The Morgan fingerprint density at radius 2 is 1.79 bits per heavy atom. The number of hydrogen-bond acceptors (Lipinski definition) is 5. The highest BCUT2D eigenvalue weighted by Crippen LogP contribution is 2.35. The normalized spacial score (nSPS) is 18.4. The molecule has 4 rings (SSSR count). The largest absolute Gasteiger partial charge is 0.497 e. The Labute approximate surface area is 198 Å². The van der Waals surface area contributed by atoms with E-state index in [-0.39, 0.29) is 18.2 Å². The fourth-order valence-electron chi connectivity index (χ4n) is 4.10. The highest BCUT2D eigenvalue weighted by Gasteiger charge is 2.25. The van der Waals surface area contributed by atoms with Crippen LogP contribution in [0.3, 0.4) is 0 Å². The van der Waals surface area contributed by atoms with Gasteiger partial charge in [0.2, 0.25) is 0 Å². The second-order valence-corrected chi connectivity index (χ2v) is 8.73. The van der Waals surface area contributed by atoms with Gasteiger partial charge >= 0.3 is 5.97 Å². The van der Waals surface area contributed by atoms with Gasteiger partial charge in [-0.05, 0) is 65.6 Å². The predicted octanol–water partition coefficient (Wildman–Crippen LogP) is 5.77. The third-order valence-corrected chi connectivity index (χ3v) is 5.84. The molecule has 1 saturated heterocycles. The van der Waals surface area contributed by atoms with Gasteiger partial charge in [0.1, 0.15) is 17.7 Å². The highest BCUT2D eigenvalue weighted by molar-refractivity contribution is 5.81. The first-order valence-electron chi connectivity index (χ1n) is 11.3. The van der Waals surface area contributed by atoms with E-state index in [0.29, 0.717) is 6.42 Å². The zero-order chi connectivity index (χ0) is 24.2. The maximum absolute atomic E-state index is 13.5. The molecule has 3 aromatic rings. The maximum Gasteiger partial charge on any atom is 0.309 e. The minimum Gasteiger partial charge on any atom is -0.497 e. The maximum atomic E-state index is 13.5. The van der Waals surface area contributed by atoms with Gasteiger partial charge in [-0.15, -0.1) is 0 Å². The van der Waals surface area contributed by atoms with E-state index in [0.717, 1.165) is 39.4 Å². The number of carbonyl (C=O) groups is 1. The molecule has 6 heteroatoms. The molecule has 1 aliphatic heterocycles. The van der Waals surface area contributed by atoms with Crippen LogP contribution in [0.2, 0.25) is 0 Å². The number of rotatable bonds is 6. The van der Waals surface area contributed by atoms with Crippen LogP contribution in [-0.2, 0) is 9.53 Å². The van der Waals surface area contributed by atoms with Gasteiger partial charge in [-0.3, -0.25) is 9.78 Å². The number of pyridine rings is 1. The van der Waals surface area contributed by atoms with E-state index >= 15 is 0 Å². The lowest BCUT2D eigenvalue weighted by Gasteiger charge is -2.24. The van der Waals surface area contributed by atoms with E-state index in [1.807, 2.05) is 42.5 Å². The second-order valence-electron chi connectivity index (χ2n) is 8.73. The van der Waals surface area contributed by atoms with E-state index < -0.39 is 18.2 Å². The number of ether oxygens (including phenoxy) is 2. The number of halogens is 1. The number of benzene rings is 2. The fraction of sp³-hybridized carbons (Fsp3) is 0.286. The summed E-state index contributed by atoms with van der Waals surface area (Å²) in [5.41, 5.74) is 5.24. The molecule has 0 unspecified atom stereocenters. The SMILES string of the molecule is COc1ccc(-c2cc(-c3ccc(F)cc3)nc(C(C)C)c2/C=C/[C@@H]2C[C@@H](O)CC(=O)O2)cc1. The summed E-state index contributed by atoms with van der Waals surface area (Å²) in [7, 11) is 1.62. The first kappa shape index (κ1) is 23.6. The Bertz CT molecular complexity index is 1190. The number of cyclic esters (lactones) is 1. The molecule has 0 aliphatic carbocycles. The quantitative estimate of drug-likeness (QED) is 0.472. The van der Waals surface area contributed by atoms with Gasteiger partial charge in [0, 0.05) is 17.5 Å². The molecule has 1 fully saturated rings. The van der Waals surface area contributed by atoms with E-state index in [1.165, 1.54) is 12.1 Å². The van der Waals surface area contributed by atoms with Crippen molar-refractivity contribution in [2.75, 3.05) is 7.11 Å². The molecule has 0 saturated carbocycles. The predicted molar refractivity (Wildman–Crippen MR) is 130 cm³/mol. The first-order chi connectivity index (χ1) is 16.3. The van der Waals surface area contributed by atoms with Crippen LogP contribution < -0.4 is 4.74 Å². The Morgan fingerprint density at radius 1 is 1.12 bits per heavy atom. The number of esters is 1. The number of methoxy groups -OCH3 is 1. The number of hydrogen-bond donors (Lipinski definition) is 1. The fourth-order valence-corrected chi connectivity index (χ4v) is 4.10. The van der Waals surface area contributed by atoms with Gasteiger partial charge in [-0.25, -0.2) is 4.39 Å². The van der Waals surface area contributed by atoms with Crippen molar-refractivity contribution in [1.29, 1.82) is 0 Å². The van der Waals surface area contributed by atoms with E-state index in [1.54, 1.807) is 19.2 Å². The molecular formula is C28H28FNO4. The van der Waals surface area contributed by atoms with Gasteiger partial charge in [-0.2, -0.15) is 0 Å². The first-order valence-corrected chi connectivity index (χ1v) is 11.3. The smallest absolute Gasteiger partial charge is 0.309 e. The molecule has 0 spiro atoms. The van der Waals surface area contributed by atoms with Crippen molar-refractivity contribution in [3.8, 4) is 28.1 Å². The zero-order valence-electron chi connectivity index (χ0n) is 19.5. The summed E-state index contributed by atoms with van der Waals surface area (Å²) >= 11 is 0. The minimum atomic E-state index is -0.708. The molecule has 5 nitrogen and oxygen atoms in total. The summed E-state index contributed by atoms with van der Waals surface area (Å²) in [5.74, 6) is 0.141. The van der Waals surface area contributed by atoms with E-state index in [2.05, 4.69) is 13.8 Å². The van der Waals surface area contributed by atoms with Crippen LogP contribution in [0, 0.1) is 5.82 Å². The van der Waals surface area contributed by atoms with Crippen molar-refractivity contribution >= 4 is 12.0 Å². The molecule has 2 aromatic carbocycles. The Hall–Kier alpha value is -3.51. The van der Waals surface area contributed by atoms with Crippen molar-refractivity contribution in [2.24, 2.45) is 0 Å². The summed E-state index contributed by atoms with van der Waals surface area (Å²) in [4.78, 5) is 16.7. The average Bonchev–Trinajstić information content (AvgIpc) is 2.82. The molecule has 176 valence electrons. The molecule has 0 bridgehead atoms. The van der Waals surface area contributed by atoms with Crippen LogP contribution in [0.4, 0.5) is 4.39 Å². The van der Waals surface area contributed by atoms with Crippen LogP contribution >= 0.6 is 0 Å². The van der Waals surface area contributed by atoms with Gasteiger partial charge < -0.3 is 14.6 Å². The van der Waals surface area contributed by atoms with Crippen LogP contribution in [0.5, 0.6) is 5.75 Å². The number of carbonyl (C=O) groups excluding carboxylic acids is 1. The third kappa shape index (κ3) is 5.34. The highest BCUT2D eigenvalue weighted by atomic mass is 19.1. The molecule has 0 radical (unpaired) electrons. The van der Waals surface area contributed by atoms with Crippen molar-refractivity contribution in [3.05, 3.63) is 77.7 Å². The Morgan fingerprint density at radius 3 is 2.41 bits per heavy atom. The standard InChI is InChI=1S/C28H28FNO4/c1-17(2)28-24(13-12-23-14-21(31)15-27(32)34-23)25(18-6-10-22(33-3)11-7-18)16-26(30-28)19-4-8-20(29)9-5-19/h4-13,16-17,21,23,31H,14-15H2,1-3H3/b13-12+/t21-,23-/m1/s1. The molecule has 2 heterocycles. The van der Waals surface area contributed by atoms with Gasteiger partial charge in [0.05, 0.1) is 31.0 Å². The number of aromatic nitrogens is 1. The van der Waals surface area contributed by atoms with Crippen LogP contribution in [0.1, 0.15) is 43.9 Å². The Kier molecular flexibility index (Phi) is 7.08. The van der Waals surface area contributed by atoms with Crippen molar-refractivity contribution < 1.29 is 23.8 Å². The lowest BCUT2D eigenvalue weighted by molar-refractivity contribution is -0.156. The zero-order valence-corrected chi connectivity index (χ0v) is 19.5. The third-order valence-electron chi connectivity index (χ3n) is 5.84. The Balaban J connectivity index is 1.85. The van der Waals surface area contributed by atoms with Crippen molar-refractivity contribution in [2.45, 2.75) is 44.8 Å². The molecule has 1 aromatic heterocycles.